The van der Waals surface area contributed by atoms with E-state index in [1.165, 1.54) is 0 Å². The van der Waals surface area contributed by atoms with Crippen LogP contribution < -0.4 is 0 Å². The Morgan fingerprint density at radius 2 is 2.75 bits per heavy atom. The highest BCUT2D eigenvalue weighted by Gasteiger charge is 2.11. The minimum absolute atomic E-state index is 0.286. The van der Waals surface area contributed by atoms with Crippen molar-refractivity contribution in [3.8, 4) is 0 Å². The molecular weight excluding hydrogens is 170 g/mol. The van der Waals surface area contributed by atoms with Crippen LogP contribution in [0, 0.1) is 0 Å². The molecule has 8 heavy (non-hydrogen) atoms. The van der Waals surface area contributed by atoms with Crippen LogP contribution in [0.5, 0.6) is 0 Å². The molecule has 2 nitrogen and oxygen atoms in total. The first-order valence-electron chi connectivity index (χ1n) is 2.58. The van der Waals surface area contributed by atoms with Crippen molar-refractivity contribution in [1.82, 2.24) is 0 Å². The second-order valence-corrected chi connectivity index (χ2v) is 2.45. The zero-order chi connectivity index (χ0) is 5.82. The van der Waals surface area contributed by atoms with Gasteiger partial charge in [-0.15, -0.1) is 0 Å². The van der Waals surface area contributed by atoms with Crippen molar-refractivity contribution >= 4 is 22.1 Å². The van der Waals surface area contributed by atoms with Crippen molar-refractivity contribution in [3.05, 3.63) is 0 Å². The summed E-state index contributed by atoms with van der Waals surface area (Å²) in [6.45, 7) is 0. The van der Waals surface area contributed by atoms with Gasteiger partial charge in [0.25, 0.3) is 0 Å². The average Bonchev–Trinajstić information content (AvgIpc) is 2.19. The molecule has 0 saturated carbocycles. The van der Waals surface area contributed by atoms with Crippen molar-refractivity contribution in [2.75, 3.05) is 5.33 Å². The number of hydrogen-bond donors (Lipinski definition) is 0. The van der Waals surface area contributed by atoms with E-state index in [-0.39, 0.29) is 6.10 Å². The standard InChI is InChI=1S/C5H7BrNO/c6-3-1-5-2-4-7-8-5/h5H,1-3H2. The Kier molecular flexibility index (Phi) is 2.33. The maximum absolute atomic E-state index is 4.88. The first-order chi connectivity index (χ1) is 3.93. The quantitative estimate of drug-likeness (QED) is 0.584. The number of alkyl halides is 1. The van der Waals surface area contributed by atoms with E-state index in [1.54, 1.807) is 0 Å². The van der Waals surface area contributed by atoms with Crippen LogP contribution in [0.25, 0.3) is 0 Å². The van der Waals surface area contributed by atoms with E-state index >= 15 is 0 Å². The number of halogens is 1. The Bertz CT molecular complexity index is 86.4. The van der Waals surface area contributed by atoms with E-state index in [4.69, 9.17) is 4.84 Å². The number of hydrogen-bond acceptors (Lipinski definition) is 2. The minimum atomic E-state index is 0.286. The normalized spacial score (nSPS) is 25.9. The van der Waals surface area contributed by atoms with Gasteiger partial charge in [0.1, 0.15) is 12.3 Å². The highest BCUT2D eigenvalue weighted by atomic mass is 79.9. The third-order valence-electron chi connectivity index (χ3n) is 1.02. The lowest BCUT2D eigenvalue weighted by Gasteiger charge is -2.02. The molecule has 0 aliphatic carbocycles. The molecule has 0 aromatic rings. The minimum Gasteiger partial charge on any atom is -0.392 e. The number of nitrogens with zero attached hydrogens (tertiary/aromatic N) is 1. The van der Waals surface area contributed by atoms with Gasteiger partial charge in [0.2, 0.25) is 0 Å². The Labute approximate surface area is 57.0 Å². The monoisotopic (exact) mass is 176 g/mol. The van der Waals surface area contributed by atoms with Crippen LogP contribution in [0.15, 0.2) is 5.16 Å². The van der Waals surface area contributed by atoms with E-state index in [0.29, 0.717) is 0 Å². The molecule has 0 fully saturated rings. The van der Waals surface area contributed by atoms with Gasteiger partial charge in [-0.25, -0.2) is 0 Å². The van der Waals surface area contributed by atoms with Gasteiger partial charge in [0, 0.05) is 11.8 Å². The molecule has 45 valence electrons. The second kappa shape index (κ2) is 3.07. The van der Waals surface area contributed by atoms with Crippen LogP contribution >= 0.6 is 15.9 Å². The van der Waals surface area contributed by atoms with Crippen LogP contribution in [0.2, 0.25) is 0 Å². The molecule has 1 heterocycles. The van der Waals surface area contributed by atoms with Crippen molar-refractivity contribution < 1.29 is 4.84 Å². The number of rotatable bonds is 2. The zero-order valence-electron chi connectivity index (χ0n) is 4.43. The third-order valence-corrected chi connectivity index (χ3v) is 1.47. The van der Waals surface area contributed by atoms with Crippen molar-refractivity contribution in [1.29, 1.82) is 0 Å². The summed E-state index contributed by atoms with van der Waals surface area (Å²) < 4.78 is 0. The molecule has 0 aromatic carbocycles. The second-order valence-electron chi connectivity index (χ2n) is 1.66. The van der Waals surface area contributed by atoms with Gasteiger partial charge in [-0.3, -0.25) is 0 Å². The molecule has 0 spiro atoms. The third kappa shape index (κ3) is 1.47. The molecule has 0 amide bonds. The summed E-state index contributed by atoms with van der Waals surface area (Å²) in [7, 11) is 0. The first-order valence-corrected chi connectivity index (χ1v) is 3.70. The van der Waals surface area contributed by atoms with Gasteiger partial charge in [-0.05, 0) is 6.42 Å². The van der Waals surface area contributed by atoms with Gasteiger partial charge in [0.15, 0.2) is 0 Å². The largest absolute Gasteiger partial charge is 0.392 e. The lowest BCUT2D eigenvalue weighted by molar-refractivity contribution is 0.0840. The fraction of sp³-hybridized carbons (Fsp3) is 0.800. The summed E-state index contributed by atoms with van der Waals surface area (Å²) in [6, 6.07) is 0. The van der Waals surface area contributed by atoms with Gasteiger partial charge >= 0.3 is 0 Å². The summed E-state index contributed by atoms with van der Waals surface area (Å²) >= 11 is 3.31. The molecule has 1 aliphatic heterocycles. The highest BCUT2D eigenvalue weighted by Crippen LogP contribution is 2.09. The molecule has 0 bridgehead atoms. The van der Waals surface area contributed by atoms with Crippen LogP contribution in [0.3, 0.4) is 0 Å². The zero-order valence-corrected chi connectivity index (χ0v) is 6.02. The summed E-state index contributed by atoms with van der Waals surface area (Å²) in [5.41, 5.74) is 0. The SMILES string of the molecule is BrCCC1C[C]=NO1. The molecule has 0 aromatic heterocycles. The molecule has 1 unspecified atom stereocenters. The molecule has 1 radical (unpaired) electrons. The van der Waals surface area contributed by atoms with Crippen LogP contribution in [0.4, 0.5) is 0 Å². The summed E-state index contributed by atoms with van der Waals surface area (Å²) in [6.07, 6.45) is 4.90. The fourth-order valence-electron chi connectivity index (χ4n) is 0.565. The smallest absolute Gasteiger partial charge is 0.134 e. The molecule has 1 rings (SSSR count). The Morgan fingerprint density at radius 3 is 3.25 bits per heavy atom. The van der Waals surface area contributed by atoms with Crippen LogP contribution in [-0.4, -0.2) is 17.6 Å². The van der Waals surface area contributed by atoms with Gasteiger partial charge < -0.3 is 4.84 Å². The topological polar surface area (TPSA) is 21.6 Å². The maximum atomic E-state index is 4.88. The Morgan fingerprint density at radius 1 is 1.88 bits per heavy atom. The molecule has 0 saturated heterocycles. The lowest BCUT2D eigenvalue weighted by Crippen LogP contribution is -2.04. The fourth-order valence-corrected chi connectivity index (χ4v) is 1.08. The molecule has 3 heteroatoms. The van der Waals surface area contributed by atoms with E-state index < -0.39 is 0 Å². The molecular formula is C5H7BrNO. The predicted octanol–water partition coefficient (Wildman–Crippen LogP) is 1.42. The first kappa shape index (κ1) is 6.08. The predicted molar refractivity (Wildman–Crippen MR) is 35.3 cm³/mol. The van der Waals surface area contributed by atoms with E-state index in [0.717, 1.165) is 18.2 Å². The Hall–Kier alpha value is -0.0500. The lowest BCUT2D eigenvalue weighted by atomic mass is 10.2. The van der Waals surface area contributed by atoms with Crippen molar-refractivity contribution in [3.63, 3.8) is 0 Å². The van der Waals surface area contributed by atoms with E-state index in [2.05, 4.69) is 27.3 Å². The average molecular weight is 177 g/mol. The summed E-state index contributed by atoms with van der Waals surface area (Å²) in [5, 5.41) is 4.49. The van der Waals surface area contributed by atoms with Crippen LogP contribution in [0.1, 0.15) is 12.8 Å². The van der Waals surface area contributed by atoms with Crippen molar-refractivity contribution in [2.24, 2.45) is 5.16 Å². The molecule has 0 N–H and O–H groups in total. The highest BCUT2D eigenvalue weighted by molar-refractivity contribution is 9.09. The summed E-state index contributed by atoms with van der Waals surface area (Å²) in [4.78, 5) is 4.88. The van der Waals surface area contributed by atoms with E-state index in [1.807, 2.05) is 0 Å². The van der Waals surface area contributed by atoms with Gasteiger partial charge in [-0.1, -0.05) is 21.1 Å². The molecule has 1 atom stereocenters. The van der Waals surface area contributed by atoms with E-state index in [9.17, 15) is 0 Å². The summed E-state index contributed by atoms with van der Waals surface area (Å²) in [5.74, 6) is 0. The van der Waals surface area contributed by atoms with Crippen molar-refractivity contribution in [2.45, 2.75) is 18.9 Å². The van der Waals surface area contributed by atoms with Crippen LogP contribution in [-0.2, 0) is 4.84 Å². The van der Waals surface area contributed by atoms with Gasteiger partial charge in [-0.2, -0.15) is 0 Å². The molecule has 1 aliphatic rings. The maximum Gasteiger partial charge on any atom is 0.134 e. The Balaban J connectivity index is 2.10. The van der Waals surface area contributed by atoms with Gasteiger partial charge in [0.05, 0.1) is 0 Å².